The zero-order chi connectivity index (χ0) is 9.40. The smallest absolute Gasteiger partial charge is 0.0351 e. The van der Waals surface area contributed by atoms with Crippen LogP contribution in [0, 0.1) is 5.92 Å². The number of ether oxygens (including phenoxy) is 1. The van der Waals surface area contributed by atoms with E-state index in [0.717, 1.165) is 5.92 Å². The van der Waals surface area contributed by atoms with Gasteiger partial charge in [-0.3, -0.25) is 0 Å². The largest absolute Gasteiger partial charge is 0.388 e. The summed E-state index contributed by atoms with van der Waals surface area (Å²) < 4.78 is 4.25. The number of nitrogens with zero attached hydrogens (tertiary/aromatic N) is 1. The Labute approximate surface area is 76.9 Å². The van der Waals surface area contributed by atoms with Crippen molar-refractivity contribution in [3.8, 4) is 0 Å². The van der Waals surface area contributed by atoms with Crippen LogP contribution in [0.5, 0.6) is 0 Å². The summed E-state index contributed by atoms with van der Waals surface area (Å²) >= 11 is 0. The van der Waals surface area contributed by atoms with Crippen molar-refractivity contribution in [1.29, 1.82) is 0 Å². The number of rotatable bonds is 2. The van der Waals surface area contributed by atoms with E-state index in [-0.39, 0.29) is 0 Å². The molecule has 1 heterocycles. The quantitative estimate of drug-likeness (QED) is 0.633. The molecule has 2 nitrogen and oxygen atoms in total. The molecule has 0 amide bonds. The van der Waals surface area contributed by atoms with Gasteiger partial charge < -0.3 is 9.64 Å². The van der Waals surface area contributed by atoms with Crippen LogP contribution < -0.4 is 0 Å². The summed E-state index contributed by atoms with van der Waals surface area (Å²) in [7, 11) is 3.25. The van der Waals surface area contributed by atoms with Gasteiger partial charge in [-0.05, 0) is 31.8 Å². The predicted octanol–water partition coefficient (Wildman–Crippen LogP) is 2.00. The number of hydrogen-bond donors (Lipinski definition) is 0. The van der Waals surface area contributed by atoms with Gasteiger partial charge in [-0.1, -0.05) is 13.8 Å². The topological polar surface area (TPSA) is 12.5 Å². The Hall–Kier alpha value is -0.0800. The second kappa shape index (κ2) is 7.56. The molecular formula is C10H23NO. The third-order valence-corrected chi connectivity index (χ3v) is 1.82. The Morgan fingerprint density at radius 3 is 1.92 bits per heavy atom. The highest BCUT2D eigenvalue weighted by Gasteiger charge is 2.11. The first-order chi connectivity index (χ1) is 5.70. The molecule has 0 aromatic heterocycles. The van der Waals surface area contributed by atoms with Crippen LogP contribution >= 0.6 is 0 Å². The Bertz CT molecular complexity index is 87.8. The van der Waals surface area contributed by atoms with Gasteiger partial charge in [-0.15, -0.1) is 0 Å². The highest BCUT2D eigenvalue weighted by molar-refractivity contribution is 4.66. The van der Waals surface area contributed by atoms with Crippen LogP contribution in [0.15, 0.2) is 0 Å². The molecule has 1 saturated heterocycles. The summed E-state index contributed by atoms with van der Waals surface area (Å²) in [5.41, 5.74) is 0. The van der Waals surface area contributed by atoms with Crippen molar-refractivity contribution < 1.29 is 4.74 Å². The minimum atomic E-state index is 0.850. The first kappa shape index (κ1) is 11.9. The van der Waals surface area contributed by atoms with Crippen LogP contribution in [0.25, 0.3) is 0 Å². The lowest BCUT2D eigenvalue weighted by atomic mass is 10.2. The molecule has 0 aliphatic carbocycles. The van der Waals surface area contributed by atoms with Gasteiger partial charge in [0.05, 0.1) is 0 Å². The van der Waals surface area contributed by atoms with Gasteiger partial charge in [-0.25, -0.2) is 0 Å². The molecule has 0 aromatic rings. The lowest BCUT2D eigenvalue weighted by Gasteiger charge is -2.16. The van der Waals surface area contributed by atoms with Crippen molar-refractivity contribution in [3.05, 3.63) is 0 Å². The molecule has 0 saturated carbocycles. The first-order valence-corrected chi connectivity index (χ1v) is 4.83. The highest BCUT2D eigenvalue weighted by atomic mass is 16.4. The summed E-state index contributed by atoms with van der Waals surface area (Å²) in [4.78, 5) is 2.56. The number of likely N-dealkylation sites (tertiary alicyclic amines) is 1. The lowest BCUT2D eigenvalue weighted by Crippen LogP contribution is -2.23. The van der Waals surface area contributed by atoms with Gasteiger partial charge in [-0.2, -0.15) is 0 Å². The third kappa shape index (κ3) is 6.62. The maximum atomic E-state index is 4.25. The molecule has 74 valence electrons. The van der Waals surface area contributed by atoms with E-state index in [0.29, 0.717) is 0 Å². The average molecular weight is 173 g/mol. The lowest BCUT2D eigenvalue weighted by molar-refractivity contribution is 0.277. The van der Waals surface area contributed by atoms with Crippen LogP contribution in [0.2, 0.25) is 0 Å². The molecule has 0 bridgehead atoms. The van der Waals surface area contributed by atoms with Crippen molar-refractivity contribution >= 4 is 0 Å². The highest BCUT2D eigenvalue weighted by Crippen LogP contribution is 2.09. The van der Waals surface area contributed by atoms with Gasteiger partial charge >= 0.3 is 0 Å². The maximum absolute atomic E-state index is 4.25. The molecule has 1 fully saturated rings. The summed E-state index contributed by atoms with van der Waals surface area (Å²) in [5, 5.41) is 0. The Balaban J connectivity index is 0.000000354. The normalized spacial score (nSPS) is 17.8. The fourth-order valence-corrected chi connectivity index (χ4v) is 1.48. The monoisotopic (exact) mass is 173 g/mol. The van der Waals surface area contributed by atoms with Gasteiger partial charge in [0.25, 0.3) is 0 Å². The molecule has 1 aliphatic heterocycles. The molecule has 0 radical (unpaired) electrons. The van der Waals surface area contributed by atoms with E-state index >= 15 is 0 Å². The van der Waals surface area contributed by atoms with E-state index in [4.69, 9.17) is 0 Å². The molecule has 0 spiro atoms. The molecule has 0 unspecified atom stereocenters. The van der Waals surface area contributed by atoms with E-state index < -0.39 is 0 Å². The van der Waals surface area contributed by atoms with Crippen LogP contribution in [-0.4, -0.2) is 38.8 Å². The van der Waals surface area contributed by atoms with Crippen molar-refractivity contribution in [1.82, 2.24) is 4.90 Å². The van der Waals surface area contributed by atoms with Crippen molar-refractivity contribution in [2.24, 2.45) is 5.92 Å². The van der Waals surface area contributed by atoms with Gasteiger partial charge in [0.1, 0.15) is 0 Å². The van der Waals surface area contributed by atoms with E-state index in [1.807, 2.05) is 0 Å². The zero-order valence-electron chi connectivity index (χ0n) is 8.97. The molecule has 2 heteroatoms. The van der Waals surface area contributed by atoms with Crippen LogP contribution in [0.3, 0.4) is 0 Å². The second-order valence-electron chi connectivity index (χ2n) is 3.81. The standard InChI is InChI=1S/C8H17N.C2H6O/c1-8(2)7-9-5-3-4-6-9;1-3-2/h8H,3-7H2,1-2H3;1-2H3. The molecule has 12 heavy (non-hydrogen) atoms. The Morgan fingerprint density at radius 2 is 1.58 bits per heavy atom. The minimum absolute atomic E-state index is 0.850. The van der Waals surface area contributed by atoms with Gasteiger partial charge in [0.15, 0.2) is 0 Å². The SMILES string of the molecule is CC(C)CN1CCCC1.COC. The van der Waals surface area contributed by atoms with Crippen LogP contribution in [-0.2, 0) is 4.74 Å². The average Bonchev–Trinajstić information content (AvgIpc) is 2.40. The van der Waals surface area contributed by atoms with E-state index in [9.17, 15) is 0 Å². The predicted molar refractivity (Wildman–Crippen MR) is 53.4 cm³/mol. The van der Waals surface area contributed by atoms with Gasteiger partial charge in [0.2, 0.25) is 0 Å². The molecule has 1 aliphatic rings. The molecule has 0 aromatic carbocycles. The fourth-order valence-electron chi connectivity index (χ4n) is 1.48. The maximum Gasteiger partial charge on any atom is 0.0351 e. The third-order valence-electron chi connectivity index (χ3n) is 1.82. The molecular weight excluding hydrogens is 150 g/mol. The summed E-state index contributed by atoms with van der Waals surface area (Å²) in [5.74, 6) is 0.850. The van der Waals surface area contributed by atoms with E-state index in [1.165, 1.54) is 32.5 Å². The van der Waals surface area contributed by atoms with Crippen LogP contribution in [0.1, 0.15) is 26.7 Å². The molecule has 1 rings (SSSR count). The summed E-state index contributed by atoms with van der Waals surface area (Å²) in [6.45, 7) is 8.58. The Kier molecular flexibility index (Phi) is 7.51. The summed E-state index contributed by atoms with van der Waals surface area (Å²) in [6, 6.07) is 0. The zero-order valence-corrected chi connectivity index (χ0v) is 8.97. The minimum Gasteiger partial charge on any atom is -0.388 e. The van der Waals surface area contributed by atoms with Crippen molar-refractivity contribution in [2.75, 3.05) is 33.9 Å². The second-order valence-corrected chi connectivity index (χ2v) is 3.81. The first-order valence-electron chi connectivity index (χ1n) is 4.83. The van der Waals surface area contributed by atoms with Crippen molar-refractivity contribution in [2.45, 2.75) is 26.7 Å². The Morgan fingerprint density at radius 1 is 1.17 bits per heavy atom. The molecule has 0 atom stereocenters. The van der Waals surface area contributed by atoms with Crippen molar-refractivity contribution in [3.63, 3.8) is 0 Å². The van der Waals surface area contributed by atoms with E-state index in [1.54, 1.807) is 14.2 Å². The fraction of sp³-hybridized carbons (Fsp3) is 1.00. The van der Waals surface area contributed by atoms with E-state index in [2.05, 4.69) is 23.5 Å². The number of hydrogen-bond acceptors (Lipinski definition) is 2. The summed E-state index contributed by atoms with van der Waals surface area (Å²) in [6.07, 6.45) is 2.85. The molecule has 0 N–H and O–H groups in total. The number of methoxy groups -OCH3 is 1. The van der Waals surface area contributed by atoms with Crippen LogP contribution in [0.4, 0.5) is 0 Å². The van der Waals surface area contributed by atoms with Gasteiger partial charge in [0, 0.05) is 20.8 Å².